The van der Waals surface area contributed by atoms with Crippen LogP contribution in [0.3, 0.4) is 0 Å². The Labute approximate surface area is 114 Å². The SMILES string of the molecule is Nc1nsc(NCc2ncc[nH]2)c1S(=O)(=O)C1CC1. The van der Waals surface area contributed by atoms with Gasteiger partial charge in [-0.05, 0) is 24.4 Å². The lowest BCUT2D eigenvalue weighted by atomic mass is 10.5. The number of hydrogen-bond donors (Lipinski definition) is 3. The summed E-state index contributed by atoms with van der Waals surface area (Å²) in [6.07, 6.45) is 4.75. The first-order chi connectivity index (χ1) is 9.09. The molecule has 0 saturated heterocycles. The van der Waals surface area contributed by atoms with Gasteiger partial charge >= 0.3 is 0 Å². The fraction of sp³-hybridized carbons (Fsp3) is 0.400. The van der Waals surface area contributed by atoms with Crippen molar-refractivity contribution in [1.82, 2.24) is 14.3 Å². The van der Waals surface area contributed by atoms with Gasteiger partial charge in [-0.15, -0.1) is 0 Å². The highest BCUT2D eigenvalue weighted by molar-refractivity contribution is 7.92. The Balaban J connectivity index is 1.86. The number of nitrogens with zero attached hydrogens (tertiary/aromatic N) is 2. The molecule has 1 saturated carbocycles. The van der Waals surface area contributed by atoms with Gasteiger partial charge in [-0.3, -0.25) is 0 Å². The third-order valence-electron chi connectivity index (χ3n) is 2.89. The van der Waals surface area contributed by atoms with Gasteiger partial charge in [-0.2, -0.15) is 4.37 Å². The first-order valence-electron chi connectivity index (χ1n) is 5.80. The van der Waals surface area contributed by atoms with E-state index in [-0.39, 0.29) is 16.0 Å². The third kappa shape index (κ3) is 2.30. The Kier molecular flexibility index (Phi) is 2.94. The molecule has 3 rings (SSSR count). The predicted molar refractivity (Wildman–Crippen MR) is 72.6 cm³/mol. The van der Waals surface area contributed by atoms with E-state index in [0.717, 1.165) is 17.4 Å². The third-order valence-corrected chi connectivity index (χ3v) is 6.17. The van der Waals surface area contributed by atoms with Crippen molar-refractivity contribution in [2.75, 3.05) is 11.1 Å². The standard InChI is InChI=1S/C10H13N5O2S2/c11-9-8(19(16,17)6-1-2-6)10(18-15-9)14-5-7-12-3-4-13-7/h3-4,6,14H,1-2,5H2,(H2,11,15)(H,12,13). The number of anilines is 2. The molecule has 0 bridgehead atoms. The number of nitrogen functional groups attached to an aromatic ring is 1. The van der Waals surface area contributed by atoms with Gasteiger partial charge in [0, 0.05) is 12.4 Å². The van der Waals surface area contributed by atoms with Crippen molar-refractivity contribution in [1.29, 1.82) is 0 Å². The maximum absolute atomic E-state index is 12.3. The Bertz CT molecular complexity index is 673. The zero-order valence-corrected chi connectivity index (χ0v) is 11.6. The van der Waals surface area contributed by atoms with Crippen LogP contribution in [0.15, 0.2) is 17.3 Å². The first-order valence-corrected chi connectivity index (χ1v) is 8.12. The second-order valence-corrected chi connectivity index (χ2v) is 7.30. The lowest BCUT2D eigenvalue weighted by molar-refractivity contribution is 0.595. The summed E-state index contributed by atoms with van der Waals surface area (Å²) < 4.78 is 28.5. The summed E-state index contributed by atoms with van der Waals surface area (Å²) >= 11 is 1.06. The number of rotatable bonds is 5. The van der Waals surface area contributed by atoms with Crippen LogP contribution in [0.4, 0.5) is 10.8 Å². The van der Waals surface area contributed by atoms with E-state index in [1.54, 1.807) is 12.4 Å². The van der Waals surface area contributed by atoms with E-state index in [9.17, 15) is 8.42 Å². The van der Waals surface area contributed by atoms with Crippen LogP contribution >= 0.6 is 11.5 Å². The first kappa shape index (κ1) is 12.4. The summed E-state index contributed by atoms with van der Waals surface area (Å²) in [6.45, 7) is 0.405. The summed E-state index contributed by atoms with van der Waals surface area (Å²) in [5.74, 6) is 0.806. The van der Waals surface area contributed by atoms with Gasteiger partial charge in [0.15, 0.2) is 15.7 Å². The van der Waals surface area contributed by atoms with Crippen molar-refractivity contribution in [3.63, 3.8) is 0 Å². The summed E-state index contributed by atoms with van der Waals surface area (Å²) in [5.41, 5.74) is 5.70. The van der Waals surface area contributed by atoms with E-state index in [2.05, 4.69) is 19.7 Å². The van der Waals surface area contributed by atoms with Crippen LogP contribution in [0.2, 0.25) is 0 Å². The van der Waals surface area contributed by atoms with E-state index in [4.69, 9.17) is 5.73 Å². The molecular weight excluding hydrogens is 286 g/mol. The molecule has 7 nitrogen and oxygen atoms in total. The quantitative estimate of drug-likeness (QED) is 0.759. The molecule has 0 unspecified atom stereocenters. The number of nitrogens with one attached hydrogen (secondary N) is 2. The smallest absolute Gasteiger partial charge is 0.187 e. The van der Waals surface area contributed by atoms with Crippen LogP contribution in [0.5, 0.6) is 0 Å². The van der Waals surface area contributed by atoms with Crippen molar-refractivity contribution < 1.29 is 8.42 Å². The van der Waals surface area contributed by atoms with Crippen LogP contribution in [-0.2, 0) is 16.4 Å². The van der Waals surface area contributed by atoms with Crippen molar-refractivity contribution in [2.45, 2.75) is 29.5 Å². The molecule has 0 amide bonds. The Morgan fingerprint density at radius 3 is 2.95 bits per heavy atom. The fourth-order valence-electron chi connectivity index (χ4n) is 1.79. The van der Waals surface area contributed by atoms with Gasteiger partial charge in [0.25, 0.3) is 0 Å². The second kappa shape index (κ2) is 4.49. The van der Waals surface area contributed by atoms with Gasteiger partial charge in [0.1, 0.15) is 15.7 Å². The summed E-state index contributed by atoms with van der Waals surface area (Å²) in [5, 5.41) is 3.22. The summed E-state index contributed by atoms with van der Waals surface area (Å²) in [7, 11) is -3.34. The van der Waals surface area contributed by atoms with E-state index >= 15 is 0 Å². The number of hydrogen-bond acceptors (Lipinski definition) is 7. The average molecular weight is 299 g/mol. The van der Waals surface area contributed by atoms with Gasteiger partial charge in [-0.1, -0.05) is 0 Å². The number of H-pyrrole nitrogens is 1. The van der Waals surface area contributed by atoms with Crippen LogP contribution in [-0.4, -0.2) is 28.0 Å². The monoisotopic (exact) mass is 299 g/mol. The highest BCUT2D eigenvalue weighted by Crippen LogP contribution is 2.41. The van der Waals surface area contributed by atoms with Crippen LogP contribution in [0, 0.1) is 0 Å². The van der Waals surface area contributed by atoms with Crippen LogP contribution in [0.1, 0.15) is 18.7 Å². The largest absolute Gasteiger partial charge is 0.382 e. The Morgan fingerprint density at radius 1 is 1.53 bits per heavy atom. The topological polar surface area (TPSA) is 114 Å². The van der Waals surface area contributed by atoms with E-state index in [0.29, 0.717) is 24.4 Å². The molecule has 102 valence electrons. The van der Waals surface area contributed by atoms with Crippen LogP contribution in [0.25, 0.3) is 0 Å². The predicted octanol–water partition coefficient (Wildman–Crippen LogP) is 0.997. The average Bonchev–Trinajstić information content (AvgIpc) is 2.99. The van der Waals surface area contributed by atoms with Gasteiger partial charge in [0.2, 0.25) is 0 Å². The second-order valence-electron chi connectivity index (χ2n) is 4.36. The zero-order valence-electron chi connectivity index (χ0n) is 9.96. The molecule has 0 aromatic carbocycles. The normalized spacial score (nSPS) is 15.6. The van der Waals surface area contributed by atoms with Crippen LogP contribution < -0.4 is 11.1 Å². The van der Waals surface area contributed by atoms with Gasteiger partial charge < -0.3 is 16.0 Å². The molecule has 0 spiro atoms. The molecule has 0 radical (unpaired) electrons. The highest BCUT2D eigenvalue weighted by Gasteiger charge is 2.40. The van der Waals surface area contributed by atoms with E-state index in [1.807, 2.05) is 0 Å². The fourth-order valence-corrected chi connectivity index (χ4v) is 4.67. The lowest BCUT2D eigenvalue weighted by Gasteiger charge is -2.06. The molecule has 0 aliphatic heterocycles. The van der Waals surface area contributed by atoms with Crippen molar-refractivity contribution in [3.05, 3.63) is 18.2 Å². The Morgan fingerprint density at radius 2 is 2.32 bits per heavy atom. The molecule has 4 N–H and O–H groups in total. The van der Waals surface area contributed by atoms with Crippen molar-refractivity contribution in [3.8, 4) is 0 Å². The molecule has 2 aromatic heterocycles. The zero-order chi connectivity index (χ0) is 13.5. The molecular formula is C10H13N5O2S2. The lowest BCUT2D eigenvalue weighted by Crippen LogP contribution is -2.11. The maximum Gasteiger partial charge on any atom is 0.187 e. The number of aromatic nitrogens is 3. The Hall–Kier alpha value is -1.61. The summed E-state index contributed by atoms with van der Waals surface area (Å²) in [4.78, 5) is 7.15. The van der Waals surface area contributed by atoms with Gasteiger partial charge in [0.05, 0.1) is 11.8 Å². The number of sulfone groups is 1. The molecule has 1 aliphatic carbocycles. The maximum atomic E-state index is 12.3. The minimum Gasteiger partial charge on any atom is -0.382 e. The van der Waals surface area contributed by atoms with E-state index in [1.165, 1.54) is 0 Å². The molecule has 2 heterocycles. The van der Waals surface area contributed by atoms with Crippen molar-refractivity contribution >= 4 is 32.2 Å². The van der Waals surface area contributed by atoms with Crippen molar-refractivity contribution in [2.24, 2.45) is 0 Å². The summed E-state index contributed by atoms with van der Waals surface area (Å²) in [6, 6.07) is 0. The molecule has 19 heavy (non-hydrogen) atoms. The van der Waals surface area contributed by atoms with Gasteiger partial charge in [-0.25, -0.2) is 13.4 Å². The molecule has 0 atom stereocenters. The minimum absolute atomic E-state index is 0.0823. The van der Waals surface area contributed by atoms with E-state index < -0.39 is 9.84 Å². The number of imidazole rings is 1. The highest BCUT2D eigenvalue weighted by atomic mass is 32.2. The molecule has 9 heteroatoms. The molecule has 1 fully saturated rings. The number of aromatic amines is 1. The number of nitrogens with two attached hydrogens (primary N) is 1. The molecule has 1 aliphatic rings. The minimum atomic E-state index is -3.34. The molecule has 2 aromatic rings.